The topological polar surface area (TPSA) is 58.8 Å². The number of Topliss-reactive ketones (excluding diaryl/α,β-unsaturated/α-hetero) is 1. The Morgan fingerprint density at radius 3 is 2.30 bits per heavy atom. The van der Waals surface area contributed by atoms with Crippen molar-refractivity contribution in [2.24, 2.45) is 50.7 Å². The lowest BCUT2D eigenvalue weighted by molar-refractivity contribution is -0.184. The monoisotopic (exact) mass is 544 g/mol. The van der Waals surface area contributed by atoms with Gasteiger partial charge in [0.2, 0.25) is 11.6 Å². The first-order valence-corrected chi connectivity index (χ1v) is 15.9. The van der Waals surface area contributed by atoms with Crippen molar-refractivity contribution in [2.75, 3.05) is 13.1 Å². The smallest absolute Gasteiger partial charge is 0.229 e. The standard InChI is InChI=1S/C35H48N2O3/c1-22-23-11-12-33(5)27(32(23,4)21-25(36-7)29(22)39)19-26(38)28-24-20-31(2,3)13-15-35(24,16-14-34(28,33)6)30(40)37-17-9-8-10-18-37/h19,21-24,28H,8-18,20H2,1-6H3/t22-,23-,24-,28-,32-,33+,34+,35-/m0/s1. The highest BCUT2D eigenvalue weighted by Crippen LogP contribution is 2.74. The van der Waals surface area contributed by atoms with Crippen LogP contribution in [0.2, 0.25) is 0 Å². The molecular formula is C35H48N2O3. The number of amides is 1. The van der Waals surface area contributed by atoms with E-state index in [0.29, 0.717) is 5.91 Å². The Kier molecular flexibility index (Phi) is 6.21. The number of hydrogen-bond donors (Lipinski definition) is 0. The van der Waals surface area contributed by atoms with Gasteiger partial charge in [-0.3, -0.25) is 9.59 Å². The van der Waals surface area contributed by atoms with E-state index < -0.39 is 10.8 Å². The molecule has 4 fully saturated rings. The lowest BCUT2D eigenvalue weighted by Crippen LogP contribution is -2.66. The number of rotatable bonds is 1. The number of allylic oxidation sites excluding steroid dienone is 4. The molecule has 6 rings (SSSR count). The van der Waals surface area contributed by atoms with Crippen LogP contribution < -0.4 is 0 Å². The molecular weight excluding hydrogens is 496 g/mol. The van der Waals surface area contributed by atoms with Crippen molar-refractivity contribution >= 4 is 17.5 Å². The maximum absolute atomic E-state index is 14.6. The van der Waals surface area contributed by atoms with Gasteiger partial charge in [0.15, 0.2) is 11.6 Å². The Hall–Kier alpha value is -2.22. The van der Waals surface area contributed by atoms with E-state index in [4.69, 9.17) is 6.57 Å². The van der Waals surface area contributed by atoms with Crippen molar-refractivity contribution in [1.82, 2.24) is 4.90 Å². The first-order chi connectivity index (χ1) is 18.7. The lowest BCUT2D eigenvalue weighted by atomic mass is 9.35. The summed E-state index contributed by atoms with van der Waals surface area (Å²) >= 11 is 0. The van der Waals surface area contributed by atoms with Gasteiger partial charge in [0, 0.05) is 30.3 Å². The fourth-order valence-corrected chi connectivity index (χ4v) is 11.0. The van der Waals surface area contributed by atoms with E-state index >= 15 is 0 Å². The van der Waals surface area contributed by atoms with Crippen LogP contribution >= 0.6 is 0 Å². The van der Waals surface area contributed by atoms with Crippen LogP contribution in [0.15, 0.2) is 23.4 Å². The average molecular weight is 545 g/mol. The molecule has 5 aliphatic carbocycles. The Balaban J connectivity index is 1.48. The SMILES string of the molecule is [C-]#[N+]C1=C[C@]2(C)C3=CC(=O)[C@@H]4[C@@H]5CC(C)(C)CC[C@]5(C(=O)N5CCCCC5)CC[C@@]4(C)[C@]3(C)CC[C@H]2[C@H](C)C1=O. The number of likely N-dealkylation sites (tertiary alicyclic amines) is 1. The van der Waals surface area contributed by atoms with Gasteiger partial charge in [0.05, 0.1) is 12.0 Å². The number of hydrogen-bond acceptors (Lipinski definition) is 3. The highest BCUT2D eigenvalue weighted by molar-refractivity contribution is 6.01. The van der Waals surface area contributed by atoms with Crippen molar-refractivity contribution in [1.29, 1.82) is 0 Å². The highest BCUT2D eigenvalue weighted by Gasteiger charge is 2.70. The normalized spacial score (nSPS) is 46.1. The van der Waals surface area contributed by atoms with E-state index in [9.17, 15) is 14.4 Å². The van der Waals surface area contributed by atoms with E-state index in [1.54, 1.807) is 0 Å². The molecule has 0 aromatic carbocycles. The Morgan fingerprint density at radius 2 is 1.62 bits per heavy atom. The van der Waals surface area contributed by atoms with Gasteiger partial charge in [0.25, 0.3) is 0 Å². The van der Waals surface area contributed by atoms with Crippen LogP contribution in [0.25, 0.3) is 4.85 Å². The molecule has 6 aliphatic rings. The maximum atomic E-state index is 14.6. The molecule has 1 saturated heterocycles. The lowest BCUT2D eigenvalue weighted by Gasteiger charge is -2.68. The molecule has 0 unspecified atom stereocenters. The molecule has 8 atom stereocenters. The van der Waals surface area contributed by atoms with E-state index in [-0.39, 0.29) is 57.2 Å². The molecule has 0 spiro atoms. The first kappa shape index (κ1) is 27.9. The zero-order chi connectivity index (χ0) is 28.9. The summed E-state index contributed by atoms with van der Waals surface area (Å²) in [7, 11) is 0. The van der Waals surface area contributed by atoms with Crippen LogP contribution in [0.3, 0.4) is 0 Å². The molecule has 5 nitrogen and oxygen atoms in total. The highest BCUT2D eigenvalue weighted by atomic mass is 16.2. The summed E-state index contributed by atoms with van der Waals surface area (Å²) in [6, 6.07) is 0. The summed E-state index contributed by atoms with van der Waals surface area (Å²) < 4.78 is 0. The third-order valence-electron chi connectivity index (χ3n) is 13.6. The minimum atomic E-state index is -0.478. The minimum absolute atomic E-state index is 0.0454. The third-order valence-corrected chi connectivity index (χ3v) is 13.6. The molecule has 1 heterocycles. The molecule has 0 N–H and O–H groups in total. The predicted octanol–water partition coefficient (Wildman–Crippen LogP) is 7.18. The summed E-state index contributed by atoms with van der Waals surface area (Å²) in [5.41, 5.74) is 0.0956. The molecule has 0 bridgehead atoms. The minimum Gasteiger partial charge on any atom is -0.342 e. The zero-order valence-corrected chi connectivity index (χ0v) is 25.6. The van der Waals surface area contributed by atoms with Crippen molar-refractivity contribution in [3.63, 3.8) is 0 Å². The number of fused-ring (bicyclic) bond motifs is 7. The molecule has 3 saturated carbocycles. The molecule has 0 aromatic heterocycles. The molecule has 0 aromatic rings. The summed E-state index contributed by atoms with van der Waals surface area (Å²) in [5.74, 6) is 0.254. The largest absolute Gasteiger partial charge is 0.342 e. The zero-order valence-electron chi connectivity index (χ0n) is 25.6. The molecule has 216 valence electrons. The quantitative estimate of drug-likeness (QED) is 0.329. The second-order valence-electron chi connectivity index (χ2n) is 15.9. The summed E-state index contributed by atoms with van der Waals surface area (Å²) in [5, 5.41) is 0. The Bertz CT molecular complexity index is 1260. The van der Waals surface area contributed by atoms with Crippen molar-refractivity contribution < 1.29 is 14.4 Å². The fourth-order valence-electron chi connectivity index (χ4n) is 11.0. The Morgan fingerprint density at radius 1 is 0.950 bits per heavy atom. The maximum Gasteiger partial charge on any atom is 0.229 e. The van der Waals surface area contributed by atoms with Crippen LogP contribution in [0, 0.1) is 57.3 Å². The van der Waals surface area contributed by atoms with Gasteiger partial charge in [-0.05, 0) is 98.4 Å². The van der Waals surface area contributed by atoms with Crippen LogP contribution in [0.5, 0.6) is 0 Å². The van der Waals surface area contributed by atoms with Crippen LogP contribution in [0.1, 0.15) is 106 Å². The molecule has 0 radical (unpaired) electrons. The third kappa shape index (κ3) is 3.53. The molecule has 40 heavy (non-hydrogen) atoms. The van der Waals surface area contributed by atoms with Crippen molar-refractivity contribution in [2.45, 2.75) is 106 Å². The van der Waals surface area contributed by atoms with Gasteiger partial charge in [0.1, 0.15) is 0 Å². The number of nitrogens with zero attached hydrogens (tertiary/aromatic N) is 2. The van der Waals surface area contributed by atoms with Gasteiger partial charge in [-0.15, -0.1) is 0 Å². The summed E-state index contributed by atoms with van der Waals surface area (Å²) in [6.45, 7) is 23.0. The van der Waals surface area contributed by atoms with Crippen LogP contribution in [-0.4, -0.2) is 35.5 Å². The Labute approximate surface area is 241 Å². The van der Waals surface area contributed by atoms with Crippen molar-refractivity contribution in [3.8, 4) is 0 Å². The average Bonchev–Trinajstić information content (AvgIpc) is 2.92. The molecule has 5 heteroatoms. The number of piperidine rings is 1. The summed E-state index contributed by atoms with van der Waals surface area (Å²) in [4.78, 5) is 47.9. The second-order valence-corrected chi connectivity index (χ2v) is 15.9. The van der Waals surface area contributed by atoms with Gasteiger partial charge in [-0.1, -0.05) is 53.2 Å². The van der Waals surface area contributed by atoms with E-state index in [0.717, 1.165) is 76.5 Å². The van der Waals surface area contributed by atoms with Crippen molar-refractivity contribution in [3.05, 3.63) is 34.8 Å². The van der Waals surface area contributed by atoms with E-state index in [1.165, 1.54) is 6.42 Å². The second kappa shape index (κ2) is 8.89. The fraction of sp³-hybridized carbons (Fsp3) is 0.771. The molecule has 1 aliphatic heterocycles. The van der Waals surface area contributed by atoms with E-state index in [1.807, 2.05) is 19.1 Å². The molecule has 1 amide bonds. The van der Waals surface area contributed by atoms with E-state index in [2.05, 4.69) is 44.4 Å². The van der Waals surface area contributed by atoms with Crippen LogP contribution in [-0.2, 0) is 14.4 Å². The number of carbonyl (C=O) groups is 3. The van der Waals surface area contributed by atoms with Gasteiger partial charge in [-0.2, -0.15) is 0 Å². The van der Waals surface area contributed by atoms with Crippen LogP contribution in [0.4, 0.5) is 0 Å². The van der Waals surface area contributed by atoms with Gasteiger partial charge >= 0.3 is 0 Å². The van der Waals surface area contributed by atoms with Gasteiger partial charge in [-0.25, -0.2) is 4.85 Å². The summed E-state index contributed by atoms with van der Waals surface area (Å²) in [6.07, 6.45) is 13.7. The number of carbonyl (C=O) groups excluding carboxylic acids is 3. The number of ketones is 2. The van der Waals surface area contributed by atoms with Gasteiger partial charge < -0.3 is 9.69 Å². The predicted molar refractivity (Wildman–Crippen MR) is 156 cm³/mol. The first-order valence-electron chi connectivity index (χ1n) is 15.9.